The Bertz CT molecular complexity index is 393. The molecule has 5 heteroatoms. The Balaban J connectivity index is 2.08. The summed E-state index contributed by atoms with van der Waals surface area (Å²) in [6, 6.07) is 7.63. The third-order valence-electron chi connectivity index (χ3n) is 2.92. The smallest absolute Gasteiger partial charge is 0.255 e. The molecule has 1 amide bonds. The van der Waals surface area contributed by atoms with Gasteiger partial charge in [-0.15, -0.1) is 0 Å². The molecule has 1 aromatic carbocycles. The van der Waals surface area contributed by atoms with Crippen LogP contribution in [0.1, 0.15) is 31.7 Å². The summed E-state index contributed by atoms with van der Waals surface area (Å²) in [5.74, 6) is 0.184. The number of hydrogen-bond donors (Lipinski definition) is 2. The summed E-state index contributed by atoms with van der Waals surface area (Å²) in [5.41, 5.74) is 6.19. The highest BCUT2D eigenvalue weighted by Gasteiger charge is 1.98. The molecule has 0 heterocycles. The lowest BCUT2D eigenvalue weighted by atomic mass is 10.2. The van der Waals surface area contributed by atoms with Gasteiger partial charge in [-0.3, -0.25) is 4.79 Å². The maximum atomic E-state index is 10.6. The Labute approximate surface area is 126 Å². The SMILES string of the molecule is CCCCOCCCNCc1ccc(OCC(N)=O)cc1. The molecule has 0 aliphatic rings. The van der Waals surface area contributed by atoms with Crippen molar-refractivity contribution in [2.24, 2.45) is 5.73 Å². The minimum absolute atomic E-state index is 0.0877. The minimum Gasteiger partial charge on any atom is -0.484 e. The Morgan fingerprint density at radius 3 is 2.57 bits per heavy atom. The van der Waals surface area contributed by atoms with Crippen LogP contribution in [0.4, 0.5) is 0 Å². The number of ether oxygens (including phenoxy) is 2. The highest BCUT2D eigenvalue weighted by molar-refractivity contribution is 5.75. The van der Waals surface area contributed by atoms with Crippen molar-refractivity contribution in [3.05, 3.63) is 29.8 Å². The molecule has 5 nitrogen and oxygen atoms in total. The zero-order valence-corrected chi connectivity index (χ0v) is 12.8. The average Bonchev–Trinajstić information content (AvgIpc) is 2.49. The predicted octanol–water partition coefficient (Wildman–Crippen LogP) is 1.85. The summed E-state index contributed by atoms with van der Waals surface area (Å²) in [6.07, 6.45) is 3.33. The number of carbonyl (C=O) groups excluding carboxylic acids is 1. The van der Waals surface area contributed by atoms with E-state index in [9.17, 15) is 4.79 Å². The Morgan fingerprint density at radius 1 is 1.19 bits per heavy atom. The average molecular weight is 294 g/mol. The van der Waals surface area contributed by atoms with Crippen LogP contribution in [0.3, 0.4) is 0 Å². The quantitative estimate of drug-likeness (QED) is 0.577. The first-order chi connectivity index (χ1) is 10.2. The summed E-state index contributed by atoms with van der Waals surface area (Å²) in [6.45, 7) is 5.50. The number of amides is 1. The standard InChI is InChI=1S/C16H26N2O3/c1-2-3-10-20-11-4-9-18-12-14-5-7-15(8-6-14)21-13-16(17)19/h5-8,18H,2-4,9-13H2,1H3,(H2,17,19). The molecule has 0 bridgehead atoms. The van der Waals surface area contributed by atoms with Gasteiger partial charge in [0.15, 0.2) is 6.61 Å². The lowest BCUT2D eigenvalue weighted by molar-refractivity contribution is -0.119. The molecule has 118 valence electrons. The number of nitrogens with one attached hydrogen (secondary N) is 1. The number of hydrogen-bond acceptors (Lipinski definition) is 4. The van der Waals surface area contributed by atoms with Gasteiger partial charge in [0.05, 0.1) is 0 Å². The van der Waals surface area contributed by atoms with E-state index in [0.717, 1.165) is 39.1 Å². The molecular formula is C16H26N2O3. The molecule has 21 heavy (non-hydrogen) atoms. The van der Waals surface area contributed by atoms with E-state index in [1.807, 2.05) is 24.3 Å². The molecule has 0 spiro atoms. The Kier molecular flexibility index (Phi) is 9.24. The van der Waals surface area contributed by atoms with E-state index in [1.54, 1.807) is 0 Å². The second kappa shape index (κ2) is 11.1. The van der Waals surface area contributed by atoms with Crippen LogP contribution in [0.15, 0.2) is 24.3 Å². The van der Waals surface area contributed by atoms with Crippen LogP contribution in [-0.4, -0.2) is 32.3 Å². The number of benzene rings is 1. The highest BCUT2D eigenvalue weighted by Crippen LogP contribution is 2.11. The van der Waals surface area contributed by atoms with Gasteiger partial charge >= 0.3 is 0 Å². The van der Waals surface area contributed by atoms with Crippen molar-refractivity contribution in [3.8, 4) is 5.75 Å². The van der Waals surface area contributed by atoms with Crippen molar-refractivity contribution in [1.82, 2.24) is 5.32 Å². The van der Waals surface area contributed by atoms with Crippen LogP contribution in [0.5, 0.6) is 5.75 Å². The first-order valence-electron chi connectivity index (χ1n) is 7.51. The molecule has 1 aromatic rings. The zero-order chi connectivity index (χ0) is 15.3. The van der Waals surface area contributed by atoms with Gasteiger partial charge in [0.25, 0.3) is 5.91 Å². The molecule has 0 atom stereocenters. The van der Waals surface area contributed by atoms with E-state index in [2.05, 4.69) is 12.2 Å². The molecule has 0 aliphatic heterocycles. The number of unbranched alkanes of at least 4 members (excludes halogenated alkanes) is 1. The van der Waals surface area contributed by atoms with Gasteiger partial charge in [0.2, 0.25) is 0 Å². The van der Waals surface area contributed by atoms with Gasteiger partial charge in [-0.25, -0.2) is 0 Å². The van der Waals surface area contributed by atoms with Crippen LogP contribution in [0.25, 0.3) is 0 Å². The van der Waals surface area contributed by atoms with E-state index in [1.165, 1.54) is 12.0 Å². The van der Waals surface area contributed by atoms with Gasteiger partial charge in [-0.05, 0) is 37.1 Å². The van der Waals surface area contributed by atoms with Gasteiger partial charge < -0.3 is 20.5 Å². The summed E-state index contributed by atoms with van der Waals surface area (Å²) >= 11 is 0. The molecule has 1 rings (SSSR count). The maximum absolute atomic E-state index is 10.6. The van der Waals surface area contributed by atoms with Gasteiger partial charge in [0.1, 0.15) is 5.75 Å². The van der Waals surface area contributed by atoms with Crippen LogP contribution < -0.4 is 15.8 Å². The largest absolute Gasteiger partial charge is 0.484 e. The topological polar surface area (TPSA) is 73.6 Å². The second-order valence-corrected chi connectivity index (χ2v) is 4.90. The van der Waals surface area contributed by atoms with Gasteiger partial charge in [-0.2, -0.15) is 0 Å². The molecule has 0 radical (unpaired) electrons. The van der Waals surface area contributed by atoms with E-state index in [0.29, 0.717) is 5.75 Å². The van der Waals surface area contributed by atoms with Gasteiger partial charge in [0, 0.05) is 19.8 Å². The fourth-order valence-electron chi connectivity index (χ4n) is 1.74. The Hall–Kier alpha value is -1.59. The third kappa shape index (κ3) is 9.05. The third-order valence-corrected chi connectivity index (χ3v) is 2.92. The number of rotatable bonds is 12. The summed E-state index contributed by atoms with van der Waals surface area (Å²) in [7, 11) is 0. The monoisotopic (exact) mass is 294 g/mol. The predicted molar refractivity (Wildman–Crippen MR) is 83.2 cm³/mol. The van der Waals surface area contributed by atoms with Crippen LogP contribution in [-0.2, 0) is 16.1 Å². The van der Waals surface area contributed by atoms with Crippen LogP contribution in [0.2, 0.25) is 0 Å². The highest BCUT2D eigenvalue weighted by atomic mass is 16.5. The molecule has 0 aromatic heterocycles. The van der Waals surface area contributed by atoms with Crippen molar-refractivity contribution in [2.75, 3.05) is 26.4 Å². The van der Waals surface area contributed by atoms with Crippen molar-refractivity contribution >= 4 is 5.91 Å². The van der Waals surface area contributed by atoms with E-state index in [4.69, 9.17) is 15.2 Å². The van der Waals surface area contributed by atoms with Crippen LogP contribution >= 0.6 is 0 Å². The Morgan fingerprint density at radius 2 is 1.90 bits per heavy atom. The fourth-order valence-corrected chi connectivity index (χ4v) is 1.74. The molecule has 0 aliphatic carbocycles. The molecule has 0 unspecified atom stereocenters. The molecular weight excluding hydrogens is 268 g/mol. The van der Waals surface area contributed by atoms with E-state index < -0.39 is 5.91 Å². The number of carbonyl (C=O) groups is 1. The molecule has 0 saturated carbocycles. The summed E-state index contributed by atoms with van der Waals surface area (Å²) in [4.78, 5) is 10.6. The molecule has 0 saturated heterocycles. The molecule has 0 fully saturated rings. The van der Waals surface area contributed by atoms with Gasteiger partial charge in [-0.1, -0.05) is 25.5 Å². The van der Waals surface area contributed by atoms with Crippen molar-refractivity contribution in [3.63, 3.8) is 0 Å². The van der Waals surface area contributed by atoms with E-state index in [-0.39, 0.29) is 6.61 Å². The first kappa shape index (κ1) is 17.5. The number of primary amides is 1. The minimum atomic E-state index is -0.470. The first-order valence-corrected chi connectivity index (χ1v) is 7.51. The number of nitrogens with two attached hydrogens (primary N) is 1. The second-order valence-electron chi connectivity index (χ2n) is 4.90. The zero-order valence-electron chi connectivity index (χ0n) is 12.8. The van der Waals surface area contributed by atoms with Crippen LogP contribution in [0, 0.1) is 0 Å². The maximum Gasteiger partial charge on any atom is 0.255 e. The normalized spacial score (nSPS) is 10.5. The molecule has 3 N–H and O–H groups in total. The lowest BCUT2D eigenvalue weighted by Crippen LogP contribution is -2.20. The van der Waals surface area contributed by atoms with Crippen molar-refractivity contribution < 1.29 is 14.3 Å². The fraction of sp³-hybridized carbons (Fsp3) is 0.562. The summed E-state index contributed by atoms with van der Waals surface area (Å²) < 4.78 is 10.7. The van der Waals surface area contributed by atoms with Crippen molar-refractivity contribution in [1.29, 1.82) is 0 Å². The summed E-state index contributed by atoms with van der Waals surface area (Å²) in [5, 5.41) is 3.37. The lowest BCUT2D eigenvalue weighted by Gasteiger charge is -2.07. The van der Waals surface area contributed by atoms with Crippen molar-refractivity contribution in [2.45, 2.75) is 32.7 Å². The van der Waals surface area contributed by atoms with E-state index >= 15 is 0 Å².